The van der Waals surface area contributed by atoms with Gasteiger partial charge in [0.25, 0.3) is 0 Å². The van der Waals surface area contributed by atoms with Crippen LogP contribution in [0, 0.1) is 12.7 Å². The smallest absolute Gasteiger partial charge is 0.127 e. The molecule has 0 bridgehead atoms. The summed E-state index contributed by atoms with van der Waals surface area (Å²) in [6.07, 6.45) is 0.858. The molecule has 1 unspecified atom stereocenters. The van der Waals surface area contributed by atoms with Gasteiger partial charge in [-0.25, -0.2) is 4.39 Å². The average Bonchev–Trinajstić information content (AvgIpc) is 2.46. The predicted octanol–water partition coefficient (Wildman–Crippen LogP) is 4.94. The number of rotatable bonds is 5. The van der Waals surface area contributed by atoms with E-state index in [9.17, 15) is 4.39 Å². The summed E-state index contributed by atoms with van der Waals surface area (Å²) in [5, 5.41) is 3.54. The average molecular weight is 271 g/mol. The van der Waals surface area contributed by atoms with Gasteiger partial charge < -0.3 is 5.32 Å². The summed E-state index contributed by atoms with van der Waals surface area (Å²) in [6.45, 7) is 6.32. The van der Waals surface area contributed by atoms with Crippen molar-refractivity contribution >= 4 is 0 Å². The van der Waals surface area contributed by atoms with Crippen molar-refractivity contribution in [2.45, 2.75) is 39.3 Å². The Hall–Kier alpha value is -1.67. The third kappa shape index (κ3) is 3.26. The first-order valence-electron chi connectivity index (χ1n) is 7.19. The van der Waals surface area contributed by atoms with Crippen LogP contribution in [0.25, 0.3) is 0 Å². The lowest BCUT2D eigenvalue weighted by Crippen LogP contribution is -2.25. The van der Waals surface area contributed by atoms with E-state index in [1.54, 1.807) is 6.07 Å². The molecule has 0 fully saturated rings. The van der Waals surface area contributed by atoms with Crippen LogP contribution >= 0.6 is 0 Å². The van der Waals surface area contributed by atoms with Crippen molar-refractivity contribution < 1.29 is 4.39 Å². The molecule has 0 aliphatic rings. The molecule has 2 atom stereocenters. The van der Waals surface area contributed by atoms with E-state index in [2.05, 4.69) is 38.2 Å². The summed E-state index contributed by atoms with van der Waals surface area (Å²) >= 11 is 0. The molecule has 0 saturated carbocycles. The maximum Gasteiger partial charge on any atom is 0.127 e. The molecule has 0 radical (unpaired) electrons. The van der Waals surface area contributed by atoms with Gasteiger partial charge in [-0.15, -0.1) is 0 Å². The van der Waals surface area contributed by atoms with Gasteiger partial charge in [-0.3, -0.25) is 0 Å². The van der Waals surface area contributed by atoms with Crippen LogP contribution < -0.4 is 5.32 Å². The van der Waals surface area contributed by atoms with Crippen LogP contribution in [-0.2, 0) is 0 Å². The van der Waals surface area contributed by atoms with Gasteiger partial charge in [-0.2, -0.15) is 0 Å². The number of aryl methyl sites for hydroxylation is 1. The van der Waals surface area contributed by atoms with Crippen molar-refractivity contribution in [3.8, 4) is 0 Å². The molecule has 0 aliphatic heterocycles. The van der Waals surface area contributed by atoms with Crippen LogP contribution in [0.15, 0.2) is 48.5 Å². The fraction of sp³-hybridized carbons (Fsp3) is 0.333. The van der Waals surface area contributed by atoms with E-state index in [1.165, 1.54) is 17.2 Å². The van der Waals surface area contributed by atoms with Crippen molar-refractivity contribution in [1.29, 1.82) is 0 Å². The van der Waals surface area contributed by atoms with E-state index in [0.717, 1.165) is 12.0 Å². The maximum absolute atomic E-state index is 13.9. The van der Waals surface area contributed by atoms with Gasteiger partial charge in [0.15, 0.2) is 0 Å². The van der Waals surface area contributed by atoms with Crippen molar-refractivity contribution in [2.24, 2.45) is 0 Å². The van der Waals surface area contributed by atoms with Gasteiger partial charge in [-0.1, -0.05) is 49.4 Å². The van der Waals surface area contributed by atoms with E-state index < -0.39 is 0 Å². The number of benzene rings is 2. The van der Waals surface area contributed by atoms with Gasteiger partial charge >= 0.3 is 0 Å². The molecule has 0 spiro atoms. The Kier molecular flexibility index (Phi) is 4.91. The minimum atomic E-state index is -0.135. The van der Waals surface area contributed by atoms with Crippen molar-refractivity contribution in [3.05, 3.63) is 71.0 Å². The zero-order chi connectivity index (χ0) is 14.5. The molecule has 0 aliphatic carbocycles. The molecule has 20 heavy (non-hydrogen) atoms. The predicted molar refractivity (Wildman–Crippen MR) is 82.2 cm³/mol. The molecule has 1 N–H and O–H groups in total. The first-order valence-corrected chi connectivity index (χ1v) is 7.19. The van der Waals surface area contributed by atoms with E-state index in [0.29, 0.717) is 0 Å². The molecule has 2 aromatic rings. The fourth-order valence-electron chi connectivity index (χ4n) is 2.65. The van der Waals surface area contributed by atoms with Gasteiger partial charge in [0.2, 0.25) is 0 Å². The topological polar surface area (TPSA) is 12.0 Å². The van der Waals surface area contributed by atoms with Crippen LogP contribution in [-0.4, -0.2) is 0 Å². The highest BCUT2D eigenvalue weighted by atomic mass is 19.1. The Labute approximate surface area is 120 Å². The molecule has 0 saturated heterocycles. The molecular weight excluding hydrogens is 249 g/mol. The molecule has 2 rings (SSSR count). The molecule has 0 aromatic heterocycles. The van der Waals surface area contributed by atoms with E-state index >= 15 is 0 Å². The first kappa shape index (κ1) is 14.7. The lowest BCUT2D eigenvalue weighted by atomic mass is 9.98. The maximum atomic E-state index is 13.9. The highest BCUT2D eigenvalue weighted by Crippen LogP contribution is 2.25. The summed E-state index contributed by atoms with van der Waals surface area (Å²) < 4.78 is 13.9. The van der Waals surface area contributed by atoms with Gasteiger partial charge in [0, 0.05) is 17.6 Å². The Morgan fingerprint density at radius 1 is 1.00 bits per heavy atom. The van der Waals surface area contributed by atoms with Crippen LogP contribution in [0.3, 0.4) is 0 Å². The second-order valence-corrected chi connectivity index (χ2v) is 5.23. The molecular formula is C18H22FN. The van der Waals surface area contributed by atoms with Crippen LogP contribution in [0.2, 0.25) is 0 Å². The number of hydrogen-bond donors (Lipinski definition) is 1. The van der Waals surface area contributed by atoms with E-state index in [1.807, 2.05) is 24.3 Å². The first-order chi connectivity index (χ1) is 9.63. The largest absolute Gasteiger partial charge is 0.303 e. The van der Waals surface area contributed by atoms with Crippen LogP contribution in [0.5, 0.6) is 0 Å². The van der Waals surface area contributed by atoms with Crippen molar-refractivity contribution in [1.82, 2.24) is 5.32 Å². The highest BCUT2D eigenvalue weighted by molar-refractivity contribution is 5.29. The molecule has 0 heterocycles. The molecule has 2 heteroatoms. The number of hydrogen-bond acceptors (Lipinski definition) is 1. The van der Waals surface area contributed by atoms with E-state index in [-0.39, 0.29) is 17.9 Å². The van der Waals surface area contributed by atoms with Gasteiger partial charge in [0.05, 0.1) is 0 Å². The Morgan fingerprint density at radius 2 is 1.60 bits per heavy atom. The zero-order valence-electron chi connectivity index (χ0n) is 12.4. The van der Waals surface area contributed by atoms with Crippen LogP contribution in [0.4, 0.5) is 4.39 Å². The van der Waals surface area contributed by atoms with E-state index in [4.69, 9.17) is 0 Å². The lowest BCUT2D eigenvalue weighted by molar-refractivity contribution is 0.438. The second kappa shape index (κ2) is 6.67. The Balaban J connectivity index is 2.19. The number of nitrogens with one attached hydrogen (secondary N) is 1. The van der Waals surface area contributed by atoms with Gasteiger partial charge in [0.1, 0.15) is 5.82 Å². The molecule has 0 amide bonds. The lowest BCUT2D eigenvalue weighted by Gasteiger charge is -2.24. The SMILES string of the molecule is CCC(N[C@@H](C)c1ccccc1C)c1ccccc1F. The molecule has 2 aromatic carbocycles. The minimum absolute atomic E-state index is 0.0332. The molecule has 1 nitrogen and oxygen atoms in total. The quantitative estimate of drug-likeness (QED) is 0.812. The summed E-state index contributed by atoms with van der Waals surface area (Å²) in [5.74, 6) is -0.135. The normalized spacial score (nSPS) is 14.0. The zero-order valence-corrected chi connectivity index (χ0v) is 12.4. The fourth-order valence-corrected chi connectivity index (χ4v) is 2.65. The second-order valence-electron chi connectivity index (χ2n) is 5.23. The van der Waals surface area contributed by atoms with Gasteiger partial charge in [-0.05, 0) is 37.5 Å². The highest BCUT2D eigenvalue weighted by Gasteiger charge is 2.17. The summed E-state index contributed by atoms with van der Waals surface area (Å²) in [5.41, 5.74) is 3.27. The Morgan fingerprint density at radius 3 is 2.20 bits per heavy atom. The molecule has 106 valence electrons. The van der Waals surface area contributed by atoms with Crippen LogP contribution in [0.1, 0.15) is 49.0 Å². The third-order valence-corrected chi connectivity index (χ3v) is 3.80. The van der Waals surface area contributed by atoms with Crippen molar-refractivity contribution in [2.75, 3.05) is 0 Å². The minimum Gasteiger partial charge on any atom is -0.303 e. The summed E-state index contributed by atoms with van der Waals surface area (Å²) in [6, 6.07) is 15.6. The third-order valence-electron chi connectivity index (χ3n) is 3.80. The summed E-state index contributed by atoms with van der Waals surface area (Å²) in [4.78, 5) is 0. The Bertz CT molecular complexity index is 565. The monoisotopic (exact) mass is 271 g/mol. The standard InChI is InChI=1S/C18H22FN/c1-4-18(16-11-7-8-12-17(16)19)20-14(3)15-10-6-5-9-13(15)2/h5-12,14,18,20H,4H2,1-3H3/t14-,18?/m0/s1. The van der Waals surface area contributed by atoms with Crippen molar-refractivity contribution in [3.63, 3.8) is 0 Å². The summed E-state index contributed by atoms with van der Waals surface area (Å²) in [7, 11) is 0. The number of halogens is 1.